The average Bonchev–Trinajstić information content (AvgIpc) is 0.732. The van der Waals surface area contributed by atoms with Crippen LogP contribution in [0.4, 0.5) is 37.8 Å². The molecule has 0 saturated heterocycles. The molecule has 12 rings (SSSR count). The highest BCUT2D eigenvalue weighted by molar-refractivity contribution is 14.1. The SMILES string of the molecule is COc1ccc(Cn2c(=O)c3c(OS(=O)(=O)C(F)(F)F)cc(=O)n(C)c3n(-c3ccc(I)cc3F)c2=O)cc1.COc1ccc(Cn2c(=O)c3c(Oc4ccc(C)cc4C)cc(=O)n(C)c3n(-c3ccc(I)cc3F)c2=O)cc1.Cc1ccc(Oc2cc(=O)n(C)c(Nc3ccc(I)cc3F)c2C(N)=O)c(C)c1. The van der Waals surface area contributed by atoms with Crippen LogP contribution in [-0.2, 0) is 44.4 Å². The molecule has 0 spiro atoms. The molecule has 0 unspecified atom stereocenters. The molecule has 0 aliphatic carbocycles. The molecule has 0 bridgehead atoms. The van der Waals surface area contributed by atoms with Crippen molar-refractivity contribution in [2.24, 2.45) is 26.9 Å². The fourth-order valence-electron chi connectivity index (χ4n) is 11.2. The van der Waals surface area contributed by atoms with Crippen LogP contribution in [0.15, 0.2) is 191 Å². The summed E-state index contributed by atoms with van der Waals surface area (Å²) in [6.45, 7) is 7.03. The van der Waals surface area contributed by atoms with Gasteiger partial charge in [-0.05, 0) is 209 Å². The summed E-state index contributed by atoms with van der Waals surface area (Å²) in [5, 5.41) is 1.90. The van der Waals surface area contributed by atoms with Crippen LogP contribution in [0.1, 0.15) is 43.7 Å². The Morgan fingerprint density at radius 3 is 1.28 bits per heavy atom. The van der Waals surface area contributed by atoms with E-state index in [0.29, 0.717) is 64.6 Å². The molecule has 7 aromatic carbocycles. The molecule has 0 atom stereocenters. The van der Waals surface area contributed by atoms with Crippen molar-refractivity contribution in [3.63, 3.8) is 0 Å². The number of aryl methyl sites for hydroxylation is 6. The van der Waals surface area contributed by atoms with Crippen LogP contribution in [0.3, 0.4) is 0 Å². The van der Waals surface area contributed by atoms with Gasteiger partial charge < -0.3 is 34.2 Å². The summed E-state index contributed by atoms with van der Waals surface area (Å²) in [5.74, 6) is -2.26. The van der Waals surface area contributed by atoms with Gasteiger partial charge in [-0.1, -0.05) is 59.7 Å². The number of carbonyl (C=O) groups is 1. The second-order valence-corrected chi connectivity index (χ2v) is 29.4. The van der Waals surface area contributed by atoms with Crippen molar-refractivity contribution in [1.29, 1.82) is 0 Å². The number of amides is 1. The van der Waals surface area contributed by atoms with Crippen LogP contribution in [0.5, 0.6) is 40.2 Å². The summed E-state index contributed by atoms with van der Waals surface area (Å²) in [6.07, 6.45) is 0. The number of nitrogens with one attached hydrogen (secondary N) is 1. The summed E-state index contributed by atoms with van der Waals surface area (Å²) in [5.41, 5.74) is -2.89. The Bertz CT molecular complexity index is 6200. The van der Waals surface area contributed by atoms with E-state index in [1.165, 1.54) is 92.5 Å². The van der Waals surface area contributed by atoms with E-state index >= 15 is 8.78 Å². The van der Waals surface area contributed by atoms with E-state index in [2.05, 4.69) is 9.50 Å². The van der Waals surface area contributed by atoms with Gasteiger partial charge in [-0.25, -0.2) is 31.9 Å². The van der Waals surface area contributed by atoms with Crippen molar-refractivity contribution in [3.05, 3.63) is 298 Å². The van der Waals surface area contributed by atoms with Gasteiger partial charge in [-0.15, -0.1) is 0 Å². The van der Waals surface area contributed by atoms with Gasteiger partial charge >= 0.3 is 27.0 Å². The normalized spacial score (nSPS) is 11.4. The Kier molecular flexibility index (Phi) is 23.9. The van der Waals surface area contributed by atoms with E-state index in [0.717, 1.165) is 55.1 Å². The molecule has 34 heteroatoms. The Morgan fingerprint density at radius 2 is 0.880 bits per heavy atom. The highest BCUT2D eigenvalue weighted by Crippen LogP contribution is 2.36. The molecule has 0 aliphatic heterocycles. The lowest BCUT2D eigenvalue weighted by Gasteiger charge is -2.19. The van der Waals surface area contributed by atoms with Crippen LogP contribution >= 0.6 is 67.8 Å². The van der Waals surface area contributed by atoms with Crippen LogP contribution in [0, 0.1) is 55.9 Å². The summed E-state index contributed by atoms with van der Waals surface area (Å²) in [6, 6.07) is 39.3. The lowest BCUT2D eigenvalue weighted by atomic mass is 10.1. The first-order valence-corrected chi connectivity index (χ1v) is 36.3. The molecule has 3 N–H and O–H groups in total. The third kappa shape index (κ3) is 16.8. The maximum absolute atomic E-state index is 15.4. The lowest BCUT2D eigenvalue weighted by Crippen LogP contribution is -2.42. The number of ether oxygens (including phenoxy) is 4. The van der Waals surface area contributed by atoms with Gasteiger partial charge in [0, 0.05) is 50.1 Å². The number of benzene rings is 7. The number of fused-ring (bicyclic) bond motifs is 2. The Labute approximate surface area is 648 Å². The number of nitrogens with zero attached hydrogens (tertiary/aromatic N) is 7. The number of halogens is 9. The summed E-state index contributed by atoms with van der Waals surface area (Å²) in [7, 11) is 0.574. The third-order valence-corrected chi connectivity index (χ3v) is 19.6. The minimum atomic E-state index is -6.34. The van der Waals surface area contributed by atoms with E-state index in [1.807, 2.05) is 97.1 Å². The smallest absolute Gasteiger partial charge is 0.497 e. The predicted octanol–water partition coefficient (Wildman–Crippen LogP) is 12.3. The fourth-order valence-corrected chi connectivity index (χ4v) is 13.0. The quantitative estimate of drug-likeness (QED) is 0.0371. The van der Waals surface area contributed by atoms with E-state index in [4.69, 9.17) is 24.7 Å². The van der Waals surface area contributed by atoms with Crippen molar-refractivity contribution in [3.8, 4) is 51.6 Å². The summed E-state index contributed by atoms with van der Waals surface area (Å²) in [4.78, 5) is 106. The first-order chi connectivity index (χ1) is 50.9. The van der Waals surface area contributed by atoms with Crippen LogP contribution in [0.2, 0.25) is 0 Å². The number of hydrogen-bond donors (Lipinski definition) is 2. The zero-order chi connectivity index (χ0) is 78.9. The number of methoxy groups -OCH3 is 2. The number of anilines is 2. The first-order valence-electron chi connectivity index (χ1n) is 31.6. The monoisotopic (exact) mass is 1840 g/mol. The number of carbonyl (C=O) groups excluding carboxylic acids is 1. The minimum Gasteiger partial charge on any atom is -0.497 e. The predicted molar refractivity (Wildman–Crippen MR) is 418 cm³/mol. The standard InChI is InChI=1S/C30H25FIN3O5.C23H16F4IN3O7S.C21H19FIN3O3/c1-17-5-12-24(18(2)13-17)40-25-15-26(36)33(3)28-27(25)29(37)34(16-19-6-9-21(39-4)10-7-19)30(38)35(28)23-11-8-20(32)14-22(23)31;1-29-18(32)10-17(38-39(35,36)23(25,26)27)19-20(29)31(16-8-5-13(28)9-15(16)24)22(34)30(21(19)33)11-12-3-6-14(37-2)7-4-12;1-11-4-7-16(12(2)8-11)29-17-10-18(27)26(3)21(19(17)20(24)28)25-15-6-5-13(23)9-14(15)22/h5-15H,16H2,1-4H3;3-10H,11H2,1-2H3;4-10,25H,1-3H3,(H2,24,28). The molecule has 0 saturated carbocycles. The lowest BCUT2D eigenvalue weighted by molar-refractivity contribution is -0.0499. The van der Waals surface area contributed by atoms with Crippen molar-refractivity contribution in [1.82, 2.24) is 32.0 Å². The zero-order valence-corrected chi connectivity index (χ0v) is 65.4. The number of alkyl halides is 3. The molecule has 0 aliphatic rings. The van der Waals surface area contributed by atoms with E-state index in [9.17, 15) is 64.3 Å². The summed E-state index contributed by atoms with van der Waals surface area (Å²) >= 11 is 5.76. The molecule has 5 aromatic heterocycles. The highest BCUT2D eigenvalue weighted by atomic mass is 127. The maximum atomic E-state index is 15.4. The first kappa shape index (κ1) is 79.8. The number of rotatable bonds is 17. The Balaban J connectivity index is 0.000000175. The topological polar surface area (TPSA) is 289 Å². The second-order valence-electron chi connectivity index (χ2n) is 24.1. The Hall–Kier alpha value is -10.7. The minimum absolute atomic E-state index is 0.000901. The maximum Gasteiger partial charge on any atom is 0.534 e. The highest BCUT2D eigenvalue weighted by Gasteiger charge is 2.49. The number of nitrogens with two attached hydrogens (primary N) is 1. The zero-order valence-electron chi connectivity index (χ0n) is 58.1. The van der Waals surface area contributed by atoms with Gasteiger partial charge in [0.1, 0.15) is 85.4 Å². The van der Waals surface area contributed by atoms with E-state index < -0.39 is 107 Å². The second kappa shape index (κ2) is 32.4. The fraction of sp³-hybridized carbons (Fsp3) is 0.162. The molecule has 560 valence electrons. The summed E-state index contributed by atoms with van der Waals surface area (Å²) < 4.78 is 142. The molecule has 108 heavy (non-hydrogen) atoms. The average molecular weight is 1840 g/mol. The number of hydrogen-bond acceptors (Lipinski definition) is 16. The van der Waals surface area contributed by atoms with E-state index in [1.54, 1.807) is 78.2 Å². The van der Waals surface area contributed by atoms with Crippen molar-refractivity contribution in [2.75, 3.05) is 19.5 Å². The molecular weight excluding hydrogens is 1780 g/mol. The molecule has 1 amide bonds. The largest absolute Gasteiger partial charge is 0.534 e. The molecular formula is C74H60F6I3N9O15S. The van der Waals surface area contributed by atoms with Crippen LogP contribution in [0.25, 0.3) is 33.4 Å². The third-order valence-electron chi connectivity index (χ3n) is 16.7. The van der Waals surface area contributed by atoms with Crippen LogP contribution < -0.4 is 73.4 Å². The molecule has 0 radical (unpaired) electrons. The van der Waals surface area contributed by atoms with Crippen LogP contribution in [-0.4, -0.2) is 66.0 Å². The number of aromatic nitrogens is 7. The number of primary amides is 1. The van der Waals surface area contributed by atoms with Gasteiger partial charge in [0.2, 0.25) is 0 Å². The Morgan fingerprint density at radius 1 is 0.491 bits per heavy atom. The molecule has 12 aromatic rings. The van der Waals surface area contributed by atoms with Gasteiger partial charge in [0.25, 0.3) is 33.7 Å². The van der Waals surface area contributed by atoms with Gasteiger partial charge in [-0.3, -0.25) is 51.6 Å². The molecule has 0 fully saturated rings. The van der Waals surface area contributed by atoms with E-state index in [-0.39, 0.29) is 51.8 Å². The van der Waals surface area contributed by atoms with Crippen molar-refractivity contribution >= 4 is 117 Å². The van der Waals surface area contributed by atoms with Crippen molar-refractivity contribution < 1.29 is 62.7 Å². The van der Waals surface area contributed by atoms with Gasteiger partial charge in [-0.2, -0.15) is 21.6 Å². The van der Waals surface area contributed by atoms with Gasteiger partial charge in [0.15, 0.2) is 5.75 Å². The van der Waals surface area contributed by atoms with Gasteiger partial charge in [0.05, 0.1) is 44.4 Å². The van der Waals surface area contributed by atoms with Crippen molar-refractivity contribution in [2.45, 2.75) is 46.3 Å². The molecule has 24 nitrogen and oxygen atoms in total. The molecule has 5 heterocycles. The number of pyridine rings is 3.